The first-order chi connectivity index (χ1) is 10.1. The van der Waals surface area contributed by atoms with E-state index in [4.69, 9.17) is 27.3 Å². The smallest absolute Gasteiger partial charge is 0.175 e. The van der Waals surface area contributed by atoms with E-state index in [0.29, 0.717) is 22.1 Å². The van der Waals surface area contributed by atoms with Gasteiger partial charge in [-0.1, -0.05) is 28.9 Å². The van der Waals surface area contributed by atoms with Gasteiger partial charge in [-0.25, -0.2) is 0 Å². The Hall–Kier alpha value is -1.85. The van der Waals surface area contributed by atoms with E-state index in [1.165, 1.54) is 11.8 Å². The fourth-order valence-electron chi connectivity index (χ4n) is 1.87. The number of benzene rings is 2. The van der Waals surface area contributed by atoms with Crippen molar-refractivity contribution in [1.29, 1.82) is 0 Å². The summed E-state index contributed by atoms with van der Waals surface area (Å²) in [6, 6.07) is 10.9. The van der Waals surface area contributed by atoms with Crippen LogP contribution >= 0.6 is 23.4 Å². The number of hydrogen-bond acceptors (Lipinski definition) is 4. The van der Waals surface area contributed by atoms with Crippen LogP contribution < -0.4 is 10.5 Å². The molecular weight excluding hydrogens is 308 g/mol. The lowest BCUT2D eigenvalue weighted by Crippen LogP contribution is -2.15. The van der Waals surface area contributed by atoms with E-state index in [-0.39, 0.29) is 5.84 Å². The fraction of sp³-hybridized carbons (Fsp3) is 0.133. The Kier molecular flexibility index (Phi) is 4.98. The third kappa shape index (κ3) is 3.43. The van der Waals surface area contributed by atoms with Crippen molar-refractivity contribution in [2.24, 2.45) is 10.9 Å². The minimum absolute atomic E-state index is 0.00892. The molecule has 0 saturated carbocycles. The molecule has 0 aliphatic rings. The number of rotatable bonds is 4. The van der Waals surface area contributed by atoms with Gasteiger partial charge in [0, 0.05) is 9.92 Å². The highest BCUT2D eigenvalue weighted by Crippen LogP contribution is 2.34. The van der Waals surface area contributed by atoms with Gasteiger partial charge in [0.05, 0.1) is 5.56 Å². The van der Waals surface area contributed by atoms with E-state index in [1.807, 2.05) is 31.4 Å². The van der Waals surface area contributed by atoms with Crippen molar-refractivity contribution in [2.45, 2.75) is 11.8 Å². The summed E-state index contributed by atoms with van der Waals surface area (Å²) in [6.45, 7) is 1.92. The van der Waals surface area contributed by atoms with Gasteiger partial charge < -0.3 is 15.7 Å². The zero-order valence-corrected chi connectivity index (χ0v) is 13.2. The number of aryl methyl sites for hydroxylation is 1. The van der Waals surface area contributed by atoms with Gasteiger partial charge in [-0.3, -0.25) is 0 Å². The van der Waals surface area contributed by atoms with Crippen LogP contribution in [0.15, 0.2) is 46.4 Å². The molecule has 0 aromatic heterocycles. The predicted molar refractivity (Wildman–Crippen MR) is 87.0 cm³/mol. The Balaban J connectivity index is 2.51. The van der Waals surface area contributed by atoms with Gasteiger partial charge in [0.25, 0.3) is 0 Å². The van der Waals surface area contributed by atoms with Gasteiger partial charge in [-0.15, -0.1) is 11.8 Å². The number of hydrogen-bond donors (Lipinski definition) is 2. The Bertz CT molecular complexity index is 689. The number of halogens is 1. The lowest BCUT2D eigenvalue weighted by molar-refractivity contribution is 0.318. The van der Waals surface area contributed by atoms with Crippen molar-refractivity contribution in [2.75, 3.05) is 6.26 Å². The summed E-state index contributed by atoms with van der Waals surface area (Å²) in [7, 11) is 0. The molecule has 0 atom stereocenters. The highest BCUT2D eigenvalue weighted by molar-refractivity contribution is 7.98. The number of oxime groups is 1. The number of nitrogens with two attached hydrogens (primary N) is 1. The molecule has 3 N–H and O–H groups in total. The molecule has 0 fully saturated rings. The standard InChI is InChI=1S/C15H15ClN2O2S/c1-9-6-7-10(16)8-12(9)20-11-4-3-5-13(21-2)14(11)15(17)18-19/h3-8,19H,1-2H3,(H2,17,18). The van der Waals surface area contributed by atoms with Gasteiger partial charge in [0.15, 0.2) is 5.84 Å². The fourth-order valence-corrected chi connectivity index (χ4v) is 2.66. The van der Waals surface area contributed by atoms with Crippen molar-refractivity contribution in [3.8, 4) is 11.5 Å². The number of amidine groups is 1. The molecule has 0 aliphatic heterocycles. The van der Waals surface area contributed by atoms with Crippen LogP contribution in [0.2, 0.25) is 5.02 Å². The summed E-state index contributed by atoms with van der Waals surface area (Å²) >= 11 is 7.49. The normalized spacial score (nSPS) is 11.5. The molecule has 0 saturated heterocycles. The van der Waals surface area contributed by atoms with Crippen molar-refractivity contribution >= 4 is 29.2 Å². The predicted octanol–water partition coefficient (Wildman–Crippen LogP) is 4.26. The lowest BCUT2D eigenvalue weighted by Gasteiger charge is -2.14. The summed E-state index contributed by atoms with van der Waals surface area (Å²) in [6.07, 6.45) is 1.91. The summed E-state index contributed by atoms with van der Waals surface area (Å²) < 4.78 is 5.92. The van der Waals surface area contributed by atoms with E-state index in [9.17, 15) is 0 Å². The molecule has 0 heterocycles. The van der Waals surface area contributed by atoms with Crippen molar-refractivity contribution < 1.29 is 9.94 Å². The van der Waals surface area contributed by atoms with Gasteiger partial charge in [-0.2, -0.15) is 0 Å². The minimum Gasteiger partial charge on any atom is -0.456 e. The van der Waals surface area contributed by atoms with E-state index in [2.05, 4.69) is 5.16 Å². The molecule has 21 heavy (non-hydrogen) atoms. The lowest BCUT2D eigenvalue weighted by atomic mass is 10.1. The van der Waals surface area contributed by atoms with Crippen LogP contribution in [0, 0.1) is 6.92 Å². The molecule has 0 spiro atoms. The second kappa shape index (κ2) is 6.74. The quantitative estimate of drug-likeness (QED) is 0.290. The molecule has 110 valence electrons. The van der Waals surface area contributed by atoms with Crippen molar-refractivity contribution in [1.82, 2.24) is 0 Å². The van der Waals surface area contributed by atoms with E-state index < -0.39 is 0 Å². The van der Waals surface area contributed by atoms with E-state index in [0.717, 1.165) is 10.5 Å². The second-order valence-electron chi connectivity index (χ2n) is 4.33. The molecule has 2 aromatic carbocycles. The molecule has 0 amide bonds. The van der Waals surface area contributed by atoms with E-state index in [1.54, 1.807) is 18.2 Å². The molecule has 0 radical (unpaired) electrons. The number of nitrogens with zero attached hydrogens (tertiary/aromatic N) is 1. The molecule has 4 nitrogen and oxygen atoms in total. The highest BCUT2D eigenvalue weighted by Gasteiger charge is 2.15. The van der Waals surface area contributed by atoms with Crippen LogP contribution in [0.1, 0.15) is 11.1 Å². The Morgan fingerprint density at radius 2 is 2.05 bits per heavy atom. The van der Waals surface area contributed by atoms with Crippen LogP contribution in [0.5, 0.6) is 11.5 Å². The van der Waals surface area contributed by atoms with Crippen molar-refractivity contribution in [3.63, 3.8) is 0 Å². The topological polar surface area (TPSA) is 67.8 Å². The maximum absolute atomic E-state index is 8.97. The van der Waals surface area contributed by atoms with Crippen LogP contribution in [0.25, 0.3) is 0 Å². The average Bonchev–Trinajstić information content (AvgIpc) is 2.49. The minimum atomic E-state index is 0.00892. The zero-order valence-electron chi connectivity index (χ0n) is 11.6. The van der Waals surface area contributed by atoms with Gasteiger partial charge in [0.1, 0.15) is 11.5 Å². The van der Waals surface area contributed by atoms with Gasteiger partial charge in [0.2, 0.25) is 0 Å². The first kappa shape index (κ1) is 15.5. The SMILES string of the molecule is CSc1cccc(Oc2cc(Cl)ccc2C)c1/C(N)=N/O. The van der Waals surface area contributed by atoms with Crippen LogP contribution in [-0.4, -0.2) is 17.3 Å². The van der Waals surface area contributed by atoms with Crippen LogP contribution in [-0.2, 0) is 0 Å². The Morgan fingerprint density at radius 3 is 2.71 bits per heavy atom. The first-order valence-electron chi connectivity index (χ1n) is 6.15. The molecule has 0 bridgehead atoms. The van der Waals surface area contributed by atoms with Gasteiger partial charge in [-0.05, 0) is 43.0 Å². The van der Waals surface area contributed by atoms with Crippen molar-refractivity contribution in [3.05, 3.63) is 52.5 Å². The third-order valence-corrected chi connectivity index (χ3v) is 3.96. The largest absolute Gasteiger partial charge is 0.456 e. The number of thioether (sulfide) groups is 1. The number of ether oxygens (including phenoxy) is 1. The molecule has 2 aromatic rings. The maximum atomic E-state index is 8.97. The Morgan fingerprint density at radius 1 is 1.29 bits per heavy atom. The molecule has 6 heteroatoms. The third-order valence-electron chi connectivity index (χ3n) is 2.94. The molecule has 2 rings (SSSR count). The second-order valence-corrected chi connectivity index (χ2v) is 5.62. The monoisotopic (exact) mass is 322 g/mol. The summed E-state index contributed by atoms with van der Waals surface area (Å²) in [5.41, 5.74) is 7.28. The average molecular weight is 323 g/mol. The Labute approximate surface area is 132 Å². The summed E-state index contributed by atoms with van der Waals surface area (Å²) in [5, 5.41) is 12.6. The zero-order chi connectivity index (χ0) is 15.4. The maximum Gasteiger partial charge on any atom is 0.175 e. The van der Waals surface area contributed by atoms with Crippen LogP contribution in [0.4, 0.5) is 0 Å². The molecule has 0 aliphatic carbocycles. The molecule has 0 unspecified atom stereocenters. The van der Waals surface area contributed by atoms with Gasteiger partial charge >= 0.3 is 0 Å². The van der Waals surface area contributed by atoms with E-state index >= 15 is 0 Å². The molecular formula is C15H15ClN2O2S. The summed E-state index contributed by atoms with van der Waals surface area (Å²) in [4.78, 5) is 0.863. The first-order valence-corrected chi connectivity index (χ1v) is 7.76. The van der Waals surface area contributed by atoms with Crippen LogP contribution in [0.3, 0.4) is 0 Å². The summed E-state index contributed by atoms with van der Waals surface area (Å²) in [5.74, 6) is 1.16. The highest BCUT2D eigenvalue weighted by atomic mass is 35.5.